The van der Waals surface area contributed by atoms with E-state index < -0.39 is 11.8 Å². The molecule has 0 bridgehead atoms. The number of halogens is 1. The molecule has 2 rings (SSSR count). The molecule has 0 atom stereocenters. The predicted molar refractivity (Wildman–Crippen MR) is 84.6 cm³/mol. The number of methoxy groups -OCH3 is 3. The summed E-state index contributed by atoms with van der Waals surface area (Å²) in [5.41, 5.74) is 1.34. The van der Waals surface area contributed by atoms with Gasteiger partial charge in [-0.3, -0.25) is 0 Å². The average Bonchev–Trinajstić information content (AvgIpc) is 2.59. The lowest BCUT2D eigenvalue weighted by molar-refractivity contribution is -0.297. The highest BCUT2D eigenvalue weighted by atomic mass is 19.1. The Balaban J connectivity index is 2.67. The Morgan fingerprint density at radius 3 is 1.92 bits per heavy atom. The van der Waals surface area contributed by atoms with E-state index in [1.54, 1.807) is 12.1 Å². The van der Waals surface area contributed by atoms with E-state index in [0.717, 1.165) is 6.08 Å². The fraction of sp³-hybridized carbons (Fsp3) is 0.167. The minimum absolute atomic E-state index is 0.328. The number of carbonyl (C=O) groups excluding carboxylic acids is 1. The molecule has 126 valence electrons. The van der Waals surface area contributed by atoms with Gasteiger partial charge in [0.15, 0.2) is 11.5 Å². The zero-order valence-corrected chi connectivity index (χ0v) is 13.5. The summed E-state index contributed by atoms with van der Waals surface area (Å²) in [7, 11) is 4.39. The van der Waals surface area contributed by atoms with Crippen LogP contribution in [0, 0.1) is 5.82 Å². The van der Waals surface area contributed by atoms with Crippen LogP contribution in [-0.4, -0.2) is 27.3 Å². The van der Waals surface area contributed by atoms with Crippen LogP contribution in [0.5, 0.6) is 17.2 Å². The molecule has 0 aromatic heterocycles. The fourth-order valence-corrected chi connectivity index (χ4v) is 2.32. The van der Waals surface area contributed by atoms with Crippen molar-refractivity contribution >= 4 is 11.5 Å². The first-order valence-electron chi connectivity index (χ1n) is 6.99. The Kier molecular flexibility index (Phi) is 5.42. The molecule has 2 aromatic carbocycles. The predicted octanol–water partition coefficient (Wildman–Crippen LogP) is 2.03. The quantitative estimate of drug-likeness (QED) is 0.758. The van der Waals surface area contributed by atoms with Crippen LogP contribution in [0.25, 0.3) is 5.57 Å². The number of hydrogen-bond donors (Lipinski definition) is 0. The molecule has 0 saturated carbocycles. The second-order valence-electron chi connectivity index (χ2n) is 4.80. The van der Waals surface area contributed by atoms with Gasteiger partial charge in [0.2, 0.25) is 5.75 Å². The zero-order valence-electron chi connectivity index (χ0n) is 13.5. The van der Waals surface area contributed by atoms with E-state index >= 15 is 0 Å². The first-order chi connectivity index (χ1) is 11.5. The van der Waals surface area contributed by atoms with Gasteiger partial charge in [-0.25, -0.2) is 4.39 Å². The maximum Gasteiger partial charge on any atom is 0.203 e. The third-order valence-corrected chi connectivity index (χ3v) is 3.39. The van der Waals surface area contributed by atoms with E-state index in [1.807, 2.05) is 0 Å². The van der Waals surface area contributed by atoms with E-state index in [0.29, 0.717) is 33.9 Å². The number of benzene rings is 2. The van der Waals surface area contributed by atoms with Crippen molar-refractivity contribution in [1.82, 2.24) is 0 Å². The van der Waals surface area contributed by atoms with Crippen molar-refractivity contribution in [2.24, 2.45) is 0 Å². The molecule has 0 heterocycles. The van der Waals surface area contributed by atoms with Crippen molar-refractivity contribution in [2.45, 2.75) is 0 Å². The molecule has 0 spiro atoms. The van der Waals surface area contributed by atoms with Gasteiger partial charge in [0, 0.05) is 0 Å². The van der Waals surface area contributed by atoms with Gasteiger partial charge in [0.25, 0.3) is 0 Å². The van der Waals surface area contributed by atoms with Crippen LogP contribution in [-0.2, 0) is 4.79 Å². The third-order valence-electron chi connectivity index (χ3n) is 3.39. The van der Waals surface area contributed by atoms with Crippen LogP contribution in [0.15, 0.2) is 42.5 Å². The normalized spacial score (nSPS) is 11.1. The summed E-state index contributed by atoms with van der Waals surface area (Å²) in [6.07, 6.45) is 0.938. The van der Waals surface area contributed by atoms with Crippen molar-refractivity contribution < 1.29 is 28.5 Å². The number of carboxylic acid groups (broad SMARTS) is 1. The lowest BCUT2D eigenvalue weighted by Gasteiger charge is -2.16. The molecular formula is C18H16FO5-. The van der Waals surface area contributed by atoms with Crippen molar-refractivity contribution in [3.8, 4) is 17.2 Å². The molecular weight excluding hydrogens is 315 g/mol. The molecule has 0 radical (unpaired) electrons. The highest BCUT2D eigenvalue weighted by Crippen LogP contribution is 2.41. The number of carboxylic acids is 1. The Morgan fingerprint density at radius 2 is 1.50 bits per heavy atom. The van der Waals surface area contributed by atoms with Crippen LogP contribution in [0.4, 0.5) is 4.39 Å². The number of rotatable bonds is 6. The second kappa shape index (κ2) is 7.50. The van der Waals surface area contributed by atoms with Gasteiger partial charge in [-0.2, -0.15) is 0 Å². The maximum atomic E-state index is 13.1. The van der Waals surface area contributed by atoms with Crippen LogP contribution < -0.4 is 19.3 Å². The average molecular weight is 331 g/mol. The van der Waals surface area contributed by atoms with Crippen molar-refractivity contribution in [2.75, 3.05) is 21.3 Å². The smallest absolute Gasteiger partial charge is 0.203 e. The number of ether oxygens (including phenoxy) is 3. The molecule has 0 saturated heterocycles. The van der Waals surface area contributed by atoms with Crippen LogP contribution in [0.1, 0.15) is 11.1 Å². The fourth-order valence-electron chi connectivity index (χ4n) is 2.32. The van der Waals surface area contributed by atoms with E-state index in [1.165, 1.54) is 45.6 Å². The summed E-state index contributed by atoms with van der Waals surface area (Å²) in [4.78, 5) is 11.1. The Labute approximate surface area is 138 Å². The SMILES string of the molecule is COc1cc(/C(=C/C(=O)[O-])c2ccc(F)cc2)cc(OC)c1OC. The zero-order chi connectivity index (χ0) is 17.7. The first kappa shape index (κ1) is 17.3. The van der Waals surface area contributed by atoms with Crippen LogP contribution in [0.2, 0.25) is 0 Å². The van der Waals surface area contributed by atoms with E-state index in [2.05, 4.69) is 0 Å². The van der Waals surface area contributed by atoms with Gasteiger partial charge in [-0.15, -0.1) is 0 Å². The van der Waals surface area contributed by atoms with Gasteiger partial charge >= 0.3 is 0 Å². The largest absolute Gasteiger partial charge is 0.545 e. The number of hydrogen-bond acceptors (Lipinski definition) is 5. The molecule has 0 fully saturated rings. The topological polar surface area (TPSA) is 67.8 Å². The third kappa shape index (κ3) is 3.65. The summed E-state index contributed by atoms with van der Waals surface area (Å²) in [5.74, 6) is -0.661. The highest BCUT2D eigenvalue weighted by molar-refractivity contribution is 5.95. The maximum absolute atomic E-state index is 13.1. The number of carbonyl (C=O) groups is 1. The van der Waals surface area contributed by atoms with Gasteiger partial charge in [0.05, 0.1) is 27.3 Å². The van der Waals surface area contributed by atoms with Gasteiger partial charge in [-0.05, 0) is 47.0 Å². The van der Waals surface area contributed by atoms with E-state index in [9.17, 15) is 14.3 Å². The lowest BCUT2D eigenvalue weighted by atomic mass is 9.96. The Hall–Kier alpha value is -3.02. The summed E-state index contributed by atoms with van der Waals surface area (Å²) < 4.78 is 28.9. The van der Waals surface area contributed by atoms with E-state index in [-0.39, 0.29) is 0 Å². The van der Waals surface area contributed by atoms with Crippen LogP contribution in [0.3, 0.4) is 0 Å². The Morgan fingerprint density at radius 1 is 0.958 bits per heavy atom. The molecule has 0 aliphatic rings. The van der Waals surface area contributed by atoms with Crippen molar-refractivity contribution in [3.63, 3.8) is 0 Å². The number of aliphatic carboxylic acids is 1. The van der Waals surface area contributed by atoms with E-state index in [4.69, 9.17) is 14.2 Å². The highest BCUT2D eigenvalue weighted by Gasteiger charge is 2.16. The molecule has 5 nitrogen and oxygen atoms in total. The van der Waals surface area contributed by atoms with Crippen LogP contribution >= 0.6 is 0 Å². The molecule has 2 aromatic rings. The molecule has 24 heavy (non-hydrogen) atoms. The molecule has 0 unspecified atom stereocenters. The minimum Gasteiger partial charge on any atom is -0.545 e. The molecule has 0 N–H and O–H groups in total. The summed E-state index contributed by atoms with van der Waals surface area (Å²) >= 11 is 0. The van der Waals surface area contributed by atoms with Gasteiger partial charge in [0.1, 0.15) is 5.82 Å². The standard InChI is InChI=1S/C18H17FO5/c1-22-15-8-12(9-16(23-2)18(15)24-3)14(10-17(20)21)11-4-6-13(19)7-5-11/h4-10H,1-3H3,(H,20,21)/p-1/b14-10+. The van der Waals surface area contributed by atoms with Gasteiger partial charge in [-0.1, -0.05) is 12.1 Å². The summed E-state index contributed by atoms with van der Waals surface area (Å²) in [6, 6.07) is 8.67. The summed E-state index contributed by atoms with van der Waals surface area (Å²) in [6.45, 7) is 0. The minimum atomic E-state index is -1.37. The molecule has 0 aliphatic heterocycles. The van der Waals surface area contributed by atoms with Crippen molar-refractivity contribution in [3.05, 3.63) is 59.4 Å². The monoisotopic (exact) mass is 331 g/mol. The Bertz CT molecular complexity index is 740. The molecule has 0 amide bonds. The molecule has 0 aliphatic carbocycles. The molecule has 6 heteroatoms. The van der Waals surface area contributed by atoms with Gasteiger partial charge < -0.3 is 24.1 Å². The van der Waals surface area contributed by atoms with Crippen molar-refractivity contribution in [1.29, 1.82) is 0 Å². The first-order valence-corrected chi connectivity index (χ1v) is 6.99. The lowest BCUT2D eigenvalue weighted by Crippen LogP contribution is -2.19. The summed E-state index contributed by atoms with van der Waals surface area (Å²) in [5, 5.41) is 11.1. The second-order valence-corrected chi connectivity index (χ2v) is 4.80.